The van der Waals surface area contributed by atoms with Gasteiger partial charge in [0, 0.05) is 37.9 Å². The van der Waals surface area contributed by atoms with Gasteiger partial charge in [-0.2, -0.15) is 0 Å². The molecule has 1 aromatic rings. The maximum Gasteiger partial charge on any atom is 0.211 e. The standard InChI is InChI=1S/C15H24FN3O2S/c1-4-22(20,21)17-12(2)14-11-13(16)5-6-15(14)19-9-7-18(3)8-10-19/h5-6,11-12,17H,4,7-10H2,1-3H3/t12-/m0/s1. The highest BCUT2D eigenvalue weighted by Crippen LogP contribution is 2.28. The van der Waals surface area contributed by atoms with Crippen LogP contribution in [-0.2, 0) is 10.0 Å². The normalized spacial score (nSPS) is 18.5. The average Bonchev–Trinajstić information content (AvgIpc) is 2.48. The van der Waals surface area contributed by atoms with E-state index in [1.54, 1.807) is 19.9 Å². The van der Waals surface area contributed by atoms with Crippen molar-refractivity contribution in [1.29, 1.82) is 0 Å². The number of likely N-dealkylation sites (N-methyl/N-ethyl adjacent to an activating group) is 1. The summed E-state index contributed by atoms with van der Waals surface area (Å²) < 4.78 is 39.8. The lowest BCUT2D eigenvalue weighted by Gasteiger charge is -2.36. The van der Waals surface area contributed by atoms with E-state index in [0.29, 0.717) is 5.56 Å². The van der Waals surface area contributed by atoms with E-state index in [4.69, 9.17) is 0 Å². The molecular weight excluding hydrogens is 305 g/mol. The summed E-state index contributed by atoms with van der Waals surface area (Å²) in [6, 6.07) is 4.14. The van der Waals surface area contributed by atoms with Crippen LogP contribution in [0.15, 0.2) is 18.2 Å². The number of piperazine rings is 1. The van der Waals surface area contributed by atoms with Crippen LogP contribution in [-0.4, -0.2) is 52.3 Å². The van der Waals surface area contributed by atoms with Gasteiger partial charge in [0.15, 0.2) is 0 Å². The molecule has 0 saturated carbocycles. The molecule has 0 spiro atoms. The van der Waals surface area contributed by atoms with Gasteiger partial charge in [0.2, 0.25) is 10.0 Å². The molecule has 1 atom stereocenters. The van der Waals surface area contributed by atoms with Gasteiger partial charge >= 0.3 is 0 Å². The van der Waals surface area contributed by atoms with Gasteiger partial charge in [0.25, 0.3) is 0 Å². The maximum atomic E-state index is 13.6. The highest BCUT2D eigenvalue weighted by molar-refractivity contribution is 7.89. The second-order valence-electron chi connectivity index (χ2n) is 5.74. The first-order valence-corrected chi connectivity index (χ1v) is 9.20. The third kappa shape index (κ3) is 4.18. The smallest absolute Gasteiger partial charge is 0.211 e. The molecule has 124 valence electrons. The fraction of sp³-hybridized carbons (Fsp3) is 0.600. The number of nitrogens with one attached hydrogen (secondary N) is 1. The zero-order valence-corrected chi connectivity index (χ0v) is 14.2. The summed E-state index contributed by atoms with van der Waals surface area (Å²) in [4.78, 5) is 4.43. The Morgan fingerprint density at radius 3 is 2.50 bits per heavy atom. The Hall–Kier alpha value is -1.18. The molecule has 0 aliphatic carbocycles. The molecule has 0 bridgehead atoms. The SMILES string of the molecule is CCS(=O)(=O)N[C@@H](C)c1cc(F)ccc1N1CCN(C)CC1. The Morgan fingerprint density at radius 1 is 1.27 bits per heavy atom. The number of nitrogens with zero attached hydrogens (tertiary/aromatic N) is 2. The van der Waals surface area contributed by atoms with Gasteiger partial charge in [-0.25, -0.2) is 17.5 Å². The zero-order valence-electron chi connectivity index (χ0n) is 13.3. The van der Waals surface area contributed by atoms with Crippen LogP contribution in [0.25, 0.3) is 0 Å². The lowest BCUT2D eigenvalue weighted by atomic mass is 10.0. The van der Waals surface area contributed by atoms with E-state index in [9.17, 15) is 12.8 Å². The quantitative estimate of drug-likeness (QED) is 0.891. The topological polar surface area (TPSA) is 52.7 Å². The minimum Gasteiger partial charge on any atom is -0.369 e. The van der Waals surface area contributed by atoms with Crippen molar-refractivity contribution in [3.05, 3.63) is 29.6 Å². The number of rotatable bonds is 5. The predicted octanol–water partition coefficient (Wildman–Crippen LogP) is 1.58. The second kappa shape index (κ2) is 6.93. The Labute approximate surface area is 132 Å². The number of benzene rings is 1. The van der Waals surface area contributed by atoms with Gasteiger partial charge in [-0.15, -0.1) is 0 Å². The van der Waals surface area contributed by atoms with Gasteiger partial charge < -0.3 is 9.80 Å². The Kier molecular flexibility index (Phi) is 5.41. The van der Waals surface area contributed by atoms with Crippen molar-refractivity contribution in [3.63, 3.8) is 0 Å². The third-order valence-electron chi connectivity index (χ3n) is 4.04. The molecule has 0 aromatic heterocycles. The monoisotopic (exact) mass is 329 g/mol. The second-order valence-corrected chi connectivity index (χ2v) is 7.78. The number of sulfonamides is 1. The van der Waals surface area contributed by atoms with Crippen molar-refractivity contribution in [1.82, 2.24) is 9.62 Å². The van der Waals surface area contributed by atoms with Gasteiger partial charge in [-0.05, 0) is 44.7 Å². The lowest BCUT2D eigenvalue weighted by Crippen LogP contribution is -2.45. The summed E-state index contributed by atoms with van der Waals surface area (Å²) in [5.74, 6) is -0.341. The Morgan fingerprint density at radius 2 is 1.91 bits per heavy atom. The van der Waals surface area contributed by atoms with Crippen LogP contribution in [0.1, 0.15) is 25.5 Å². The minimum absolute atomic E-state index is 0.0104. The first-order valence-electron chi connectivity index (χ1n) is 7.55. The van der Waals surface area contributed by atoms with Gasteiger partial charge in [-0.1, -0.05) is 0 Å². The van der Waals surface area contributed by atoms with Crippen molar-refractivity contribution < 1.29 is 12.8 Å². The zero-order chi connectivity index (χ0) is 16.3. The van der Waals surface area contributed by atoms with E-state index in [0.717, 1.165) is 31.9 Å². The van der Waals surface area contributed by atoms with E-state index in [2.05, 4.69) is 21.6 Å². The van der Waals surface area contributed by atoms with Crippen LogP contribution in [0.2, 0.25) is 0 Å². The number of hydrogen-bond acceptors (Lipinski definition) is 4. The largest absolute Gasteiger partial charge is 0.369 e. The van der Waals surface area contributed by atoms with E-state index < -0.39 is 16.1 Å². The molecule has 5 nitrogen and oxygen atoms in total. The third-order valence-corrected chi connectivity index (χ3v) is 5.51. The minimum atomic E-state index is -3.34. The number of hydrogen-bond donors (Lipinski definition) is 1. The number of anilines is 1. The van der Waals surface area contributed by atoms with Crippen LogP contribution in [0.3, 0.4) is 0 Å². The summed E-state index contributed by atoms with van der Waals surface area (Å²) in [5, 5.41) is 0. The van der Waals surface area contributed by atoms with Crippen molar-refractivity contribution in [2.45, 2.75) is 19.9 Å². The summed E-state index contributed by atoms with van der Waals surface area (Å²) in [7, 11) is -1.26. The predicted molar refractivity (Wildman–Crippen MR) is 87.1 cm³/mol. The summed E-state index contributed by atoms with van der Waals surface area (Å²) in [5.41, 5.74) is 1.59. The molecule has 1 aromatic carbocycles. The van der Waals surface area contributed by atoms with Gasteiger partial charge in [0.1, 0.15) is 5.82 Å². The summed E-state index contributed by atoms with van der Waals surface area (Å²) in [6.45, 7) is 6.91. The van der Waals surface area contributed by atoms with Gasteiger partial charge in [0.05, 0.1) is 5.75 Å². The molecule has 1 N–H and O–H groups in total. The lowest BCUT2D eigenvalue weighted by molar-refractivity contribution is 0.312. The van der Waals surface area contributed by atoms with Crippen LogP contribution >= 0.6 is 0 Å². The van der Waals surface area contributed by atoms with Crippen molar-refractivity contribution in [2.24, 2.45) is 0 Å². The van der Waals surface area contributed by atoms with Crippen molar-refractivity contribution >= 4 is 15.7 Å². The van der Waals surface area contributed by atoms with Crippen LogP contribution in [0, 0.1) is 5.82 Å². The Balaban J connectivity index is 2.28. The van der Waals surface area contributed by atoms with Crippen molar-refractivity contribution in [2.75, 3.05) is 43.9 Å². The molecule has 0 amide bonds. The van der Waals surface area contributed by atoms with Crippen LogP contribution in [0.4, 0.5) is 10.1 Å². The Bertz CT molecular complexity index is 613. The molecule has 2 rings (SSSR count). The molecule has 0 unspecified atom stereocenters. The molecule has 22 heavy (non-hydrogen) atoms. The van der Waals surface area contributed by atoms with E-state index in [1.807, 2.05) is 0 Å². The summed E-state index contributed by atoms with van der Waals surface area (Å²) >= 11 is 0. The fourth-order valence-corrected chi connectivity index (χ4v) is 3.46. The molecule has 1 saturated heterocycles. The number of halogens is 1. The molecule has 0 radical (unpaired) electrons. The molecule has 1 heterocycles. The maximum absolute atomic E-state index is 13.6. The van der Waals surface area contributed by atoms with E-state index >= 15 is 0 Å². The first-order chi connectivity index (χ1) is 10.3. The highest BCUT2D eigenvalue weighted by Gasteiger charge is 2.22. The summed E-state index contributed by atoms with van der Waals surface area (Å²) in [6.07, 6.45) is 0. The molecule has 1 fully saturated rings. The van der Waals surface area contributed by atoms with Crippen molar-refractivity contribution in [3.8, 4) is 0 Å². The fourth-order valence-electron chi connectivity index (χ4n) is 2.62. The highest BCUT2D eigenvalue weighted by atomic mass is 32.2. The molecular formula is C15H24FN3O2S. The molecule has 7 heteroatoms. The average molecular weight is 329 g/mol. The van der Waals surface area contributed by atoms with E-state index in [1.165, 1.54) is 12.1 Å². The molecule has 1 aliphatic heterocycles. The van der Waals surface area contributed by atoms with Crippen LogP contribution < -0.4 is 9.62 Å². The van der Waals surface area contributed by atoms with Crippen LogP contribution in [0.5, 0.6) is 0 Å². The molecule has 1 aliphatic rings. The van der Waals surface area contributed by atoms with E-state index in [-0.39, 0.29) is 11.6 Å². The first kappa shape index (κ1) is 17.2. The van der Waals surface area contributed by atoms with Gasteiger partial charge in [-0.3, -0.25) is 0 Å².